The fourth-order valence-corrected chi connectivity index (χ4v) is 2.88. The number of hydrogen-bond donors (Lipinski definition) is 1. The highest BCUT2D eigenvalue weighted by Gasteiger charge is 2.35. The Bertz CT molecular complexity index is 910. The Kier molecular flexibility index (Phi) is 5.43. The maximum atomic E-state index is 13.0. The highest BCUT2D eigenvalue weighted by molar-refractivity contribution is 6.00. The molecule has 1 heterocycles. The monoisotopic (exact) mass is 393 g/mol. The molecular formula is C19H15F4N3O2. The molecule has 1 N–H and O–H groups in total. The standard InChI is InChI=1S/C19H15F4N3O2/c20-14-5-7-15(8-6-14)26-11-13(9-17(26)27)18(28)25-24-10-12-3-1-2-4-16(12)19(21,22)23/h1-8,10,13H,9,11H2,(H,25,28)/b24-10-/t13-/m1/s1. The number of hydrogen-bond acceptors (Lipinski definition) is 3. The molecule has 2 amide bonds. The maximum Gasteiger partial charge on any atom is 0.417 e. The summed E-state index contributed by atoms with van der Waals surface area (Å²) in [5, 5.41) is 3.59. The molecule has 1 atom stereocenters. The number of anilines is 1. The van der Waals surface area contributed by atoms with E-state index >= 15 is 0 Å². The largest absolute Gasteiger partial charge is 0.417 e. The fraction of sp³-hybridized carbons (Fsp3) is 0.211. The van der Waals surface area contributed by atoms with E-state index in [1.165, 1.54) is 47.4 Å². The van der Waals surface area contributed by atoms with E-state index < -0.39 is 29.4 Å². The predicted octanol–water partition coefficient (Wildman–Crippen LogP) is 3.35. The number of nitrogens with one attached hydrogen (secondary N) is 1. The Morgan fingerprint density at radius 3 is 2.50 bits per heavy atom. The molecule has 0 spiro atoms. The van der Waals surface area contributed by atoms with Crippen molar-refractivity contribution in [3.8, 4) is 0 Å². The molecule has 0 radical (unpaired) electrons. The van der Waals surface area contributed by atoms with Gasteiger partial charge in [0.05, 0.1) is 17.7 Å². The van der Waals surface area contributed by atoms with Gasteiger partial charge in [0, 0.05) is 24.2 Å². The summed E-state index contributed by atoms with van der Waals surface area (Å²) >= 11 is 0. The van der Waals surface area contributed by atoms with E-state index in [9.17, 15) is 27.2 Å². The maximum absolute atomic E-state index is 13.0. The third kappa shape index (κ3) is 4.36. The second-order valence-corrected chi connectivity index (χ2v) is 6.20. The smallest absolute Gasteiger partial charge is 0.312 e. The number of nitrogens with zero attached hydrogens (tertiary/aromatic N) is 2. The second kappa shape index (κ2) is 7.79. The first kappa shape index (κ1) is 19.5. The number of halogens is 4. The second-order valence-electron chi connectivity index (χ2n) is 6.20. The van der Waals surface area contributed by atoms with E-state index in [1.54, 1.807) is 0 Å². The Labute approximate surface area is 157 Å². The van der Waals surface area contributed by atoms with Gasteiger partial charge in [-0.25, -0.2) is 9.82 Å². The van der Waals surface area contributed by atoms with Crippen LogP contribution in [0, 0.1) is 11.7 Å². The molecule has 1 fully saturated rings. The van der Waals surface area contributed by atoms with Crippen molar-refractivity contribution in [1.29, 1.82) is 0 Å². The molecule has 2 aromatic rings. The van der Waals surface area contributed by atoms with Crippen LogP contribution in [0.25, 0.3) is 0 Å². The average Bonchev–Trinajstić information content (AvgIpc) is 3.04. The molecule has 146 valence electrons. The SMILES string of the molecule is O=C(N/N=C\c1ccccc1C(F)(F)F)[C@@H]1CC(=O)N(c2ccc(F)cc2)C1. The van der Waals surface area contributed by atoms with Crippen molar-refractivity contribution in [2.75, 3.05) is 11.4 Å². The number of amides is 2. The van der Waals surface area contributed by atoms with Gasteiger partial charge in [0.2, 0.25) is 11.8 Å². The lowest BCUT2D eigenvalue weighted by Crippen LogP contribution is -2.30. The van der Waals surface area contributed by atoms with Crippen LogP contribution in [0.4, 0.5) is 23.2 Å². The van der Waals surface area contributed by atoms with Gasteiger partial charge in [-0.2, -0.15) is 18.3 Å². The van der Waals surface area contributed by atoms with E-state index in [0.717, 1.165) is 12.3 Å². The lowest BCUT2D eigenvalue weighted by molar-refractivity contribution is -0.137. The predicted molar refractivity (Wildman–Crippen MR) is 94.0 cm³/mol. The molecule has 0 saturated carbocycles. The summed E-state index contributed by atoms with van der Waals surface area (Å²) in [6.07, 6.45) is -3.70. The third-order valence-electron chi connectivity index (χ3n) is 4.28. The van der Waals surface area contributed by atoms with E-state index in [1.807, 2.05) is 0 Å². The van der Waals surface area contributed by atoms with Crippen LogP contribution in [0.5, 0.6) is 0 Å². The van der Waals surface area contributed by atoms with Gasteiger partial charge >= 0.3 is 6.18 Å². The first-order valence-corrected chi connectivity index (χ1v) is 8.31. The molecule has 3 rings (SSSR count). The third-order valence-corrected chi connectivity index (χ3v) is 4.28. The molecular weight excluding hydrogens is 378 g/mol. The number of rotatable bonds is 4. The molecule has 1 aliphatic rings. The van der Waals surface area contributed by atoms with Crippen molar-refractivity contribution in [1.82, 2.24) is 5.43 Å². The topological polar surface area (TPSA) is 61.8 Å². The molecule has 0 bridgehead atoms. The molecule has 1 aliphatic heterocycles. The molecule has 28 heavy (non-hydrogen) atoms. The summed E-state index contributed by atoms with van der Waals surface area (Å²) in [7, 11) is 0. The van der Waals surface area contributed by atoms with Crippen molar-refractivity contribution < 1.29 is 27.2 Å². The van der Waals surface area contributed by atoms with Crippen molar-refractivity contribution in [3.05, 3.63) is 65.5 Å². The van der Waals surface area contributed by atoms with Crippen molar-refractivity contribution in [2.24, 2.45) is 11.0 Å². The van der Waals surface area contributed by atoms with Crippen LogP contribution in [0.2, 0.25) is 0 Å². The van der Waals surface area contributed by atoms with Gasteiger partial charge in [-0.05, 0) is 30.3 Å². The highest BCUT2D eigenvalue weighted by atomic mass is 19.4. The minimum Gasteiger partial charge on any atom is -0.312 e. The van der Waals surface area contributed by atoms with Gasteiger partial charge in [0.15, 0.2) is 0 Å². The molecule has 9 heteroatoms. The Balaban J connectivity index is 1.64. The van der Waals surface area contributed by atoms with Crippen LogP contribution in [0.1, 0.15) is 17.5 Å². The first-order valence-electron chi connectivity index (χ1n) is 8.31. The van der Waals surface area contributed by atoms with E-state index in [2.05, 4.69) is 10.5 Å². The fourth-order valence-electron chi connectivity index (χ4n) is 2.88. The summed E-state index contributed by atoms with van der Waals surface area (Å²) in [5.41, 5.74) is 1.58. The van der Waals surface area contributed by atoms with Crippen LogP contribution in [-0.2, 0) is 15.8 Å². The number of benzene rings is 2. The molecule has 2 aromatic carbocycles. The van der Waals surface area contributed by atoms with E-state index in [-0.39, 0.29) is 24.4 Å². The molecule has 0 unspecified atom stereocenters. The summed E-state index contributed by atoms with van der Waals surface area (Å²) in [6.45, 7) is 0.0744. The van der Waals surface area contributed by atoms with E-state index in [0.29, 0.717) is 5.69 Å². The molecule has 0 aromatic heterocycles. The minimum atomic E-state index is -4.54. The van der Waals surface area contributed by atoms with Gasteiger partial charge in [0.25, 0.3) is 0 Å². The highest BCUT2D eigenvalue weighted by Crippen LogP contribution is 2.31. The van der Waals surface area contributed by atoms with Gasteiger partial charge in [-0.15, -0.1) is 0 Å². The zero-order valence-corrected chi connectivity index (χ0v) is 14.4. The average molecular weight is 393 g/mol. The van der Waals surface area contributed by atoms with Crippen molar-refractivity contribution in [2.45, 2.75) is 12.6 Å². The van der Waals surface area contributed by atoms with E-state index in [4.69, 9.17) is 0 Å². The molecule has 0 aliphatic carbocycles. The number of hydrazone groups is 1. The lowest BCUT2D eigenvalue weighted by atomic mass is 10.1. The van der Waals surface area contributed by atoms with Crippen LogP contribution in [0.15, 0.2) is 53.6 Å². The summed E-state index contributed by atoms with van der Waals surface area (Å²) in [5.74, 6) is -2.05. The quantitative estimate of drug-likeness (QED) is 0.492. The lowest BCUT2D eigenvalue weighted by Gasteiger charge is -2.16. The normalized spacial score (nSPS) is 17.4. The van der Waals surface area contributed by atoms with Crippen LogP contribution in [0.3, 0.4) is 0 Å². The minimum absolute atomic E-state index is 0.0716. The van der Waals surface area contributed by atoms with Crippen LogP contribution < -0.4 is 10.3 Å². The van der Waals surface area contributed by atoms with Gasteiger partial charge in [-0.1, -0.05) is 18.2 Å². The van der Waals surface area contributed by atoms with Crippen molar-refractivity contribution >= 4 is 23.7 Å². The summed E-state index contributed by atoms with van der Waals surface area (Å²) < 4.78 is 51.8. The van der Waals surface area contributed by atoms with Crippen LogP contribution in [-0.4, -0.2) is 24.6 Å². The zero-order chi connectivity index (χ0) is 20.3. The number of carbonyl (C=O) groups is 2. The summed E-state index contributed by atoms with van der Waals surface area (Å²) in [6, 6.07) is 10.1. The summed E-state index contributed by atoms with van der Waals surface area (Å²) in [4.78, 5) is 25.7. The Morgan fingerprint density at radius 1 is 1.14 bits per heavy atom. The molecule has 5 nitrogen and oxygen atoms in total. The Hall–Kier alpha value is -3.23. The Morgan fingerprint density at radius 2 is 1.82 bits per heavy atom. The first-order chi connectivity index (χ1) is 13.3. The van der Waals surface area contributed by atoms with Crippen LogP contribution >= 0.6 is 0 Å². The zero-order valence-electron chi connectivity index (χ0n) is 14.4. The number of alkyl halides is 3. The van der Waals surface area contributed by atoms with Crippen molar-refractivity contribution in [3.63, 3.8) is 0 Å². The number of carbonyl (C=O) groups excluding carboxylic acids is 2. The van der Waals surface area contributed by atoms with Gasteiger partial charge in [-0.3, -0.25) is 9.59 Å². The molecule has 1 saturated heterocycles. The van der Waals surface area contributed by atoms with Gasteiger partial charge in [0.1, 0.15) is 5.82 Å². The van der Waals surface area contributed by atoms with Gasteiger partial charge < -0.3 is 4.90 Å².